The lowest BCUT2D eigenvalue weighted by atomic mass is 9.42. The molecule has 1 aromatic rings. The molecule has 9 atom stereocenters. The quantitative estimate of drug-likeness (QED) is 0.427. The van der Waals surface area contributed by atoms with Crippen LogP contribution in [0.1, 0.15) is 57.5 Å². The summed E-state index contributed by atoms with van der Waals surface area (Å²) in [4.78, 5) is 38.9. The molecule has 5 rings (SSSR count). The van der Waals surface area contributed by atoms with Crippen molar-refractivity contribution in [2.75, 3.05) is 6.01 Å². The van der Waals surface area contributed by atoms with E-state index >= 15 is 8.78 Å². The van der Waals surface area contributed by atoms with Gasteiger partial charge in [-0.25, -0.2) is 18.0 Å². The Kier molecular flexibility index (Phi) is 6.13. The molecule has 0 aromatic carbocycles. The molecule has 0 bridgehead atoms. The Morgan fingerprint density at radius 1 is 1.19 bits per heavy atom. The molecule has 0 saturated heterocycles. The second kappa shape index (κ2) is 8.61. The molecule has 4 aliphatic rings. The summed E-state index contributed by atoms with van der Waals surface area (Å²) in [6.07, 6.45) is 4.09. The van der Waals surface area contributed by atoms with E-state index in [1.54, 1.807) is 27.7 Å². The van der Waals surface area contributed by atoms with E-state index in [0.717, 1.165) is 0 Å². The van der Waals surface area contributed by atoms with Crippen LogP contribution in [-0.2, 0) is 14.3 Å². The van der Waals surface area contributed by atoms with Crippen molar-refractivity contribution in [1.82, 2.24) is 0 Å². The molecular formula is C28H31F3O5S. The number of esters is 1. The SMILES string of the molecule is CC1CC2C3C[C@H](F)C4=CC(=O)C=C[C@]4(C)[C@@]3(F)[C@@H](C)C[C@]2(C)[C@@]1(OC(=O)c1ccco1)C(=O)SCF. The first-order valence-corrected chi connectivity index (χ1v) is 13.6. The molecule has 200 valence electrons. The molecule has 37 heavy (non-hydrogen) atoms. The Morgan fingerprint density at radius 2 is 1.92 bits per heavy atom. The van der Waals surface area contributed by atoms with E-state index < -0.39 is 69.0 Å². The topological polar surface area (TPSA) is 73.6 Å². The van der Waals surface area contributed by atoms with Crippen LogP contribution in [0.3, 0.4) is 0 Å². The molecule has 1 aromatic heterocycles. The molecule has 0 aliphatic heterocycles. The van der Waals surface area contributed by atoms with Crippen molar-refractivity contribution < 1.29 is 36.7 Å². The van der Waals surface area contributed by atoms with Crippen LogP contribution in [0, 0.1) is 34.5 Å². The predicted molar refractivity (Wildman–Crippen MR) is 132 cm³/mol. The number of ketones is 1. The van der Waals surface area contributed by atoms with Gasteiger partial charge in [-0.05, 0) is 79.6 Å². The summed E-state index contributed by atoms with van der Waals surface area (Å²) in [7, 11) is 0. The average molecular weight is 537 g/mol. The Morgan fingerprint density at radius 3 is 2.57 bits per heavy atom. The van der Waals surface area contributed by atoms with E-state index in [2.05, 4.69) is 0 Å². The maximum atomic E-state index is 17.6. The number of furan rings is 1. The summed E-state index contributed by atoms with van der Waals surface area (Å²) in [6.45, 7) is 6.92. The molecular weight excluding hydrogens is 505 g/mol. The highest BCUT2D eigenvalue weighted by Gasteiger charge is 2.77. The van der Waals surface area contributed by atoms with Crippen molar-refractivity contribution in [3.8, 4) is 0 Å². The first-order valence-electron chi connectivity index (χ1n) is 12.6. The Bertz CT molecular complexity index is 1200. The van der Waals surface area contributed by atoms with Gasteiger partial charge in [0.1, 0.15) is 17.8 Å². The number of thioether (sulfide) groups is 1. The number of carbonyl (C=O) groups excluding carboxylic acids is 3. The van der Waals surface area contributed by atoms with Crippen molar-refractivity contribution >= 4 is 28.6 Å². The molecule has 3 unspecified atom stereocenters. The van der Waals surface area contributed by atoms with Gasteiger partial charge in [-0.2, -0.15) is 0 Å². The van der Waals surface area contributed by atoms with Crippen LogP contribution in [0.2, 0.25) is 0 Å². The number of fused-ring (bicyclic) bond motifs is 5. The van der Waals surface area contributed by atoms with Crippen molar-refractivity contribution in [1.29, 1.82) is 0 Å². The number of hydrogen-bond acceptors (Lipinski definition) is 6. The van der Waals surface area contributed by atoms with Gasteiger partial charge in [0, 0.05) is 22.7 Å². The smallest absolute Gasteiger partial charge is 0.375 e. The van der Waals surface area contributed by atoms with E-state index in [0.29, 0.717) is 18.2 Å². The first kappa shape index (κ1) is 26.3. The molecule has 1 heterocycles. The van der Waals surface area contributed by atoms with Gasteiger partial charge in [-0.1, -0.05) is 26.8 Å². The molecule has 4 aliphatic carbocycles. The van der Waals surface area contributed by atoms with Gasteiger partial charge in [-0.3, -0.25) is 9.59 Å². The van der Waals surface area contributed by atoms with Crippen molar-refractivity contribution in [3.05, 3.63) is 48.0 Å². The van der Waals surface area contributed by atoms with Crippen LogP contribution in [0.15, 0.2) is 46.6 Å². The second-order valence-electron chi connectivity index (χ2n) is 11.5. The summed E-state index contributed by atoms with van der Waals surface area (Å²) in [5.41, 5.74) is -5.92. The van der Waals surface area contributed by atoms with Crippen LogP contribution in [-0.4, -0.2) is 40.3 Å². The zero-order chi connectivity index (χ0) is 27.0. The normalized spacial score (nSPS) is 44.5. The van der Waals surface area contributed by atoms with Crippen LogP contribution >= 0.6 is 11.8 Å². The number of hydrogen-bond donors (Lipinski definition) is 0. The van der Waals surface area contributed by atoms with E-state index in [9.17, 15) is 18.8 Å². The molecule has 0 spiro atoms. The number of rotatable bonds is 4. The lowest BCUT2D eigenvalue weighted by molar-refractivity contribution is -0.199. The van der Waals surface area contributed by atoms with Gasteiger partial charge < -0.3 is 9.15 Å². The Balaban J connectivity index is 1.64. The highest BCUT2D eigenvalue weighted by molar-refractivity contribution is 8.13. The van der Waals surface area contributed by atoms with E-state index in [-0.39, 0.29) is 30.0 Å². The van der Waals surface area contributed by atoms with Crippen LogP contribution in [0.4, 0.5) is 13.2 Å². The maximum Gasteiger partial charge on any atom is 0.375 e. The van der Waals surface area contributed by atoms with Gasteiger partial charge in [-0.15, -0.1) is 0 Å². The van der Waals surface area contributed by atoms with Gasteiger partial charge >= 0.3 is 5.97 Å². The second-order valence-corrected chi connectivity index (χ2v) is 12.4. The van der Waals surface area contributed by atoms with Gasteiger partial charge in [0.05, 0.1) is 6.26 Å². The number of carbonyl (C=O) groups is 3. The number of halogens is 3. The third-order valence-corrected chi connectivity index (χ3v) is 10.7. The monoisotopic (exact) mass is 536 g/mol. The highest BCUT2D eigenvalue weighted by Crippen LogP contribution is 2.73. The lowest BCUT2D eigenvalue weighted by Gasteiger charge is -2.64. The Hall–Kier alpha value is -2.29. The highest BCUT2D eigenvalue weighted by atomic mass is 32.2. The average Bonchev–Trinajstić information content (AvgIpc) is 3.45. The summed E-state index contributed by atoms with van der Waals surface area (Å²) in [5, 5.41) is -0.631. The Labute approximate surface area is 218 Å². The molecule has 0 amide bonds. The minimum absolute atomic E-state index is 0.0961. The van der Waals surface area contributed by atoms with Crippen molar-refractivity contribution in [2.45, 2.75) is 64.4 Å². The summed E-state index contributed by atoms with van der Waals surface area (Å²) in [5.74, 6) is -3.92. The summed E-state index contributed by atoms with van der Waals surface area (Å²) < 4.78 is 58.1. The molecule has 3 fully saturated rings. The molecule has 0 radical (unpaired) electrons. The fraction of sp³-hybridized carbons (Fsp3) is 0.607. The number of alkyl halides is 3. The minimum Gasteiger partial charge on any atom is -0.457 e. The van der Waals surface area contributed by atoms with Crippen LogP contribution in [0.25, 0.3) is 0 Å². The van der Waals surface area contributed by atoms with Crippen molar-refractivity contribution in [2.24, 2.45) is 34.5 Å². The molecule has 5 nitrogen and oxygen atoms in total. The fourth-order valence-electron chi connectivity index (χ4n) is 8.48. The largest absolute Gasteiger partial charge is 0.457 e. The zero-order valence-corrected chi connectivity index (χ0v) is 22.1. The summed E-state index contributed by atoms with van der Waals surface area (Å²) >= 11 is 0.434. The number of ether oxygens (including phenoxy) is 1. The van der Waals surface area contributed by atoms with E-state index in [1.807, 2.05) is 0 Å². The third-order valence-electron chi connectivity index (χ3n) is 9.98. The predicted octanol–water partition coefficient (Wildman–Crippen LogP) is 6.20. The lowest BCUT2D eigenvalue weighted by Crippen LogP contribution is -2.68. The zero-order valence-electron chi connectivity index (χ0n) is 21.3. The fourth-order valence-corrected chi connectivity index (χ4v) is 9.27. The van der Waals surface area contributed by atoms with E-state index in [4.69, 9.17) is 9.15 Å². The molecule has 0 N–H and O–H groups in total. The van der Waals surface area contributed by atoms with Crippen LogP contribution < -0.4 is 0 Å². The van der Waals surface area contributed by atoms with Crippen LogP contribution in [0.5, 0.6) is 0 Å². The first-order chi connectivity index (χ1) is 17.4. The summed E-state index contributed by atoms with van der Waals surface area (Å²) in [6, 6.07) is 1.93. The molecule has 9 heteroatoms. The van der Waals surface area contributed by atoms with Crippen molar-refractivity contribution in [3.63, 3.8) is 0 Å². The van der Waals surface area contributed by atoms with Gasteiger partial charge in [0.2, 0.25) is 10.9 Å². The standard InChI is InChI=1S/C28H31F3O5S/c1-15-10-18-19-12-21(30)20-11-17(32)7-8-25(20,3)27(19,31)16(2)13-26(18,4)28(15,24(34)37-14-29)36-23(33)22-6-5-9-35-22/h5-9,11,15-16,18-19,21H,10,12-14H2,1-4H3/t15?,16-,18?,19?,21-,25-,26-,27+,28-/m0/s1. The minimum atomic E-state index is -1.90. The molecule has 3 saturated carbocycles. The van der Waals surface area contributed by atoms with Gasteiger partial charge in [0.25, 0.3) is 0 Å². The van der Waals surface area contributed by atoms with Gasteiger partial charge in [0.15, 0.2) is 11.4 Å². The maximum absolute atomic E-state index is 17.6. The third kappa shape index (κ3) is 3.28. The number of allylic oxidation sites excluding steroid dienone is 4. The van der Waals surface area contributed by atoms with E-state index in [1.165, 1.54) is 36.6 Å².